The average molecular weight is 438 g/mol. The van der Waals surface area contributed by atoms with Crippen LogP contribution in [-0.2, 0) is 16.0 Å². The fraction of sp³-hybridized carbons (Fsp3) is 0.261. The van der Waals surface area contributed by atoms with E-state index in [9.17, 15) is 9.59 Å². The van der Waals surface area contributed by atoms with Crippen LogP contribution in [0.15, 0.2) is 48.5 Å². The lowest BCUT2D eigenvalue weighted by atomic mass is 10.1. The molecule has 1 saturated heterocycles. The minimum absolute atomic E-state index is 0.0264. The molecule has 1 aliphatic rings. The van der Waals surface area contributed by atoms with Crippen molar-refractivity contribution in [2.24, 2.45) is 0 Å². The molecule has 7 nitrogen and oxygen atoms in total. The standard InChI is InChI=1S/C23H24ClN5O2/c1-15-19(16(2)29(27-15)18-6-4-3-5-7-18)13-22(30)26-17-8-9-21(20(24)12-17)28-11-10-25-23(31)14-28/h3-9,12H,10-11,13-14H2,1-2H3,(H,25,31)(H,26,30). The van der Waals surface area contributed by atoms with Gasteiger partial charge in [-0.15, -0.1) is 0 Å². The number of carbonyl (C=O) groups excluding carboxylic acids is 2. The van der Waals surface area contributed by atoms with Gasteiger partial charge in [0.05, 0.1) is 35.1 Å². The molecule has 0 saturated carbocycles. The average Bonchev–Trinajstić information content (AvgIpc) is 3.02. The molecule has 2 heterocycles. The molecule has 160 valence electrons. The monoisotopic (exact) mass is 437 g/mol. The van der Waals surface area contributed by atoms with Crippen molar-refractivity contribution in [1.82, 2.24) is 15.1 Å². The van der Waals surface area contributed by atoms with E-state index < -0.39 is 0 Å². The molecule has 1 fully saturated rings. The van der Waals surface area contributed by atoms with Gasteiger partial charge in [-0.05, 0) is 44.2 Å². The molecular weight excluding hydrogens is 414 g/mol. The third-order valence-corrected chi connectivity index (χ3v) is 5.69. The van der Waals surface area contributed by atoms with Crippen molar-refractivity contribution in [3.05, 3.63) is 70.5 Å². The second-order valence-electron chi connectivity index (χ2n) is 7.56. The summed E-state index contributed by atoms with van der Waals surface area (Å²) in [6.07, 6.45) is 0.218. The first-order valence-corrected chi connectivity index (χ1v) is 10.5. The fourth-order valence-corrected chi connectivity index (χ4v) is 4.10. The Morgan fingerprint density at radius 1 is 1.19 bits per heavy atom. The summed E-state index contributed by atoms with van der Waals surface area (Å²) in [5, 5.41) is 10.8. The number of amides is 2. The number of aromatic nitrogens is 2. The number of carbonyl (C=O) groups is 2. The van der Waals surface area contributed by atoms with Gasteiger partial charge in [0.2, 0.25) is 11.8 Å². The summed E-state index contributed by atoms with van der Waals surface area (Å²) in [5.41, 5.74) is 5.03. The Hall–Kier alpha value is -3.32. The predicted octanol–water partition coefficient (Wildman–Crippen LogP) is 3.26. The van der Waals surface area contributed by atoms with Gasteiger partial charge in [-0.25, -0.2) is 4.68 Å². The number of halogens is 1. The molecule has 4 rings (SSSR count). The number of para-hydroxylation sites is 1. The number of anilines is 2. The van der Waals surface area contributed by atoms with Gasteiger partial charge in [-0.3, -0.25) is 9.59 Å². The Morgan fingerprint density at radius 3 is 2.68 bits per heavy atom. The fourth-order valence-electron chi connectivity index (χ4n) is 3.80. The Kier molecular flexibility index (Phi) is 5.95. The van der Waals surface area contributed by atoms with E-state index in [2.05, 4.69) is 15.7 Å². The van der Waals surface area contributed by atoms with E-state index in [4.69, 9.17) is 11.6 Å². The molecule has 0 unspecified atom stereocenters. The van der Waals surface area contributed by atoms with Crippen LogP contribution in [0.5, 0.6) is 0 Å². The molecule has 3 aromatic rings. The third-order valence-electron chi connectivity index (χ3n) is 5.39. The Balaban J connectivity index is 1.46. The van der Waals surface area contributed by atoms with E-state index in [-0.39, 0.29) is 24.8 Å². The van der Waals surface area contributed by atoms with Crippen LogP contribution >= 0.6 is 11.6 Å². The van der Waals surface area contributed by atoms with Gasteiger partial charge in [-0.2, -0.15) is 5.10 Å². The number of nitrogens with one attached hydrogen (secondary N) is 2. The van der Waals surface area contributed by atoms with Crippen LogP contribution < -0.4 is 15.5 Å². The van der Waals surface area contributed by atoms with Crippen LogP contribution in [0.3, 0.4) is 0 Å². The minimum Gasteiger partial charge on any atom is -0.359 e. The van der Waals surface area contributed by atoms with E-state index in [1.165, 1.54) is 0 Å². The molecule has 2 aromatic carbocycles. The maximum atomic E-state index is 12.7. The number of hydrogen-bond donors (Lipinski definition) is 2. The lowest BCUT2D eigenvalue weighted by molar-refractivity contribution is -0.120. The van der Waals surface area contributed by atoms with Crippen molar-refractivity contribution < 1.29 is 9.59 Å². The number of nitrogens with zero attached hydrogens (tertiary/aromatic N) is 3. The van der Waals surface area contributed by atoms with Gasteiger partial charge < -0.3 is 15.5 Å². The Labute approximate surface area is 186 Å². The van der Waals surface area contributed by atoms with Crippen LogP contribution in [0, 0.1) is 13.8 Å². The SMILES string of the molecule is Cc1nn(-c2ccccc2)c(C)c1CC(=O)Nc1ccc(N2CCNC(=O)C2)c(Cl)c1. The van der Waals surface area contributed by atoms with E-state index in [1.54, 1.807) is 12.1 Å². The molecule has 0 aliphatic carbocycles. The summed E-state index contributed by atoms with van der Waals surface area (Å²) in [7, 11) is 0. The summed E-state index contributed by atoms with van der Waals surface area (Å²) < 4.78 is 1.86. The normalized spacial score (nSPS) is 13.8. The van der Waals surface area contributed by atoms with Crippen LogP contribution in [-0.4, -0.2) is 41.2 Å². The third kappa shape index (κ3) is 4.56. The zero-order valence-corrected chi connectivity index (χ0v) is 18.2. The lowest BCUT2D eigenvalue weighted by Gasteiger charge is -2.29. The minimum atomic E-state index is -0.139. The Bertz CT molecular complexity index is 1130. The van der Waals surface area contributed by atoms with Crippen molar-refractivity contribution in [3.8, 4) is 5.69 Å². The molecular formula is C23H24ClN5O2. The highest BCUT2D eigenvalue weighted by Gasteiger charge is 2.20. The number of piperazine rings is 1. The van der Waals surface area contributed by atoms with Crippen LogP contribution in [0.4, 0.5) is 11.4 Å². The second kappa shape index (κ2) is 8.81. The summed E-state index contributed by atoms with van der Waals surface area (Å²) in [6, 6.07) is 15.2. The van der Waals surface area contributed by atoms with E-state index in [0.29, 0.717) is 23.8 Å². The van der Waals surface area contributed by atoms with E-state index >= 15 is 0 Å². The maximum absolute atomic E-state index is 12.7. The molecule has 0 atom stereocenters. The number of aryl methyl sites for hydroxylation is 1. The summed E-state index contributed by atoms with van der Waals surface area (Å²) in [4.78, 5) is 26.3. The van der Waals surface area contributed by atoms with Crippen LogP contribution in [0.25, 0.3) is 5.69 Å². The van der Waals surface area contributed by atoms with E-state index in [1.807, 2.05) is 59.8 Å². The van der Waals surface area contributed by atoms with Gasteiger partial charge in [-0.1, -0.05) is 29.8 Å². The van der Waals surface area contributed by atoms with Gasteiger partial charge in [0.15, 0.2) is 0 Å². The largest absolute Gasteiger partial charge is 0.359 e. The molecule has 2 amide bonds. The van der Waals surface area contributed by atoms with Gasteiger partial charge >= 0.3 is 0 Å². The molecule has 1 aliphatic heterocycles. The van der Waals surface area contributed by atoms with Crippen molar-refractivity contribution in [1.29, 1.82) is 0 Å². The highest BCUT2D eigenvalue weighted by atomic mass is 35.5. The van der Waals surface area contributed by atoms with Crippen molar-refractivity contribution in [3.63, 3.8) is 0 Å². The maximum Gasteiger partial charge on any atom is 0.239 e. The number of rotatable bonds is 5. The molecule has 8 heteroatoms. The zero-order chi connectivity index (χ0) is 22.0. The van der Waals surface area contributed by atoms with Crippen LogP contribution in [0.1, 0.15) is 17.0 Å². The van der Waals surface area contributed by atoms with Gasteiger partial charge in [0.25, 0.3) is 0 Å². The first kappa shape index (κ1) is 20.9. The summed E-state index contributed by atoms with van der Waals surface area (Å²) in [5.74, 6) is -0.165. The highest BCUT2D eigenvalue weighted by Crippen LogP contribution is 2.29. The quantitative estimate of drug-likeness (QED) is 0.642. The highest BCUT2D eigenvalue weighted by molar-refractivity contribution is 6.33. The van der Waals surface area contributed by atoms with Gasteiger partial charge in [0, 0.05) is 30.0 Å². The second-order valence-corrected chi connectivity index (χ2v) is 7.97. The van der Waals surface area contributed by atoms with Crippen molar-refractivity contribution >= 4 is 34.8 Å². The molecule has 0 bridgehead atoms. The van der Waals surface area contributed by atoms with Crippen molar-refractivity contribution in [2.75, 3.05) is 29.9 Å². The summed E-state index contributed by atoms with van der Waals surface area (Å²) >= 11 is 6.44. The van der Waals surface area contributed by atoms with E-state index in [0.717, 1.165) is 28.3 Å². The number of hydrogen-bond acceptors (Lipinski definition) is 4. The predicted molar refractivity (Wildman–Crippen MR) is 122 cm³/mol. The zero-order valence-electron chi connectivity index (χ0n) is 17.5. The smallest absolute Gasteiger partial charge is 0.239 e. The number of benzene rings is 2. The van der Waals surface area contributed by atoms with Crippen molar-refractivity contribution in [2.45, 2.75) is 20.3 Å². The Morgan fingerprint density at radius 2 is 1.97 bits per heavy atom. The van der Waals surface area contributed by atoms with Crippen LogP contribution in [0.2, 0.25) is 5.02 Å². The molecule has 1 aromatic heterocycles. The first-order valence-electron chi connectivity index (χ1n) is 10.1. The molecule has 31 heavy (non-hydrogen) atoms. The molecule has 2 N–H and O–H groups in total. The summed E-state index contributed by atoms with van der Waals surface area (Å²) in [6.45, 7) is 5.44. The molecule has 0 spiro atoms. The topological polar surface area (TPSA) is 79.3 Å². The first-order chi connectivity index (χ1) is 14.9. The van der Waals surface area contributed by atoms with Gasteiger partial charge in [0.1, 0.15) is 0 Å². The lowest BCUT2D eigenvalue weighted by Crippen LogP contribution is -2.47. The molecule has 0 radical (unpaired) electrons.